The largest absolute Gasteiger partial charge is 0.345 e. The van der Waals surface area contributed by atoms with Crippen molar-refractivity contribution in [2.45, 2.75) is 56.8 Å². The van der Waals surface area contributed by atoms with Crippen molar-refractivity contribution in [2.24, 2.45) is 0 Å². The molecule has 6 nitrogen and oxygen atoms in total. The molecule has 1 N–H and O–H groups in total. The molecule has 1 rings (SSSR count). The smallest absolute Gasteiger partial charge is 0.341 e. The molecule has 0 aliphatic heterocycles. The second-order valence-electron chi connectivity index (χ2n) is 5.52. The number of carbonyl (C=O) groups excluding carboxylic acids is 2. The highest BCUT2D eigenvalue weighted by molar-refractivity contribution is 7.87. The van der Waals surface area contributed by atoms with Crippen LogP contribution < -0.4 is 5.32 Å². The average Bonchev–Trinajstić information content (AvgIpc) is 2.56. The molecule has 0 heterocycles. The van der Waals surface area contributed by atoms with Gasteiger partial charge in [0.1, 0.15) is 11.4 Å². The van der Waals surface area contributed by atoms with E-state index in [1.807, 2.05) is 0 Å². The Hall–Kier alpha value is -1.89. The van der Waals surface area contributed by atoms with Gasteiger partial charge in [-0.25, -0.2) is 4.79 Å². The number of carbonyl (C=O) groups is 2. The van der Waals surface area contributed by atoms with Gasteiger partial charge in [0.25, 0.3) is 0 Å². The zero-order valence-electron chi connectivity index (χ0n) is 14.0. The average molecular weight is 355 g/mol. The predicted octanol–water partition coefficient (Wildman–Crippen LogP) is 2.79. The molecule has 0 spiro atoms. The molecule has 0 aromatic heterocycles. The molecule has 134 valence electrons. The molecule has 0 unspecified atom stereocenters. The number of benzene rings is 1. The lowest BCUT2D eigenvalue weighted by atomic mass is 10.1. The molecule has 7 heteroatoms. The van der Waals surface area contributed by atoms with Gasteiger partial charge in [-0.15, -0.1) is 0 Å². The monoisotopic (exact) mass is 355 g/mol. The van der Waals surface area contributed by atoms with Crippen LogP contribution in [0.3, 0.4) is 0 Å². The number of unbranched alkanes of at least 4 members (excludes halogenated alkanes) is 5. The van der Waals surface area contributed by atoms with Crippen molar-refractivity contribution >= 4 is 22.0 Å². The van der Waals surface area contributed by atoms with Crippen molar-refractivity contribution in [3.8, 4) is 0 Å². The zero-order valence-corrected chi connectivity index (χ0v) is 14.8. The lowest BCUT2D eigenvalue weighted by Gasteiger charge is -2.07. The van der Waals surface area contributed by atoms with Crippen LogP contribution in [0.15, 0.2) is 35.2 Å². The van der Waals surface area contributed by atoms with Gasteiger partial charge in [-0.05, 0) is 18.6 Å². The number of hydrogen-bond acceptors (Lipinski definition) is 5. The van der Waals surface area contributed by atoms with Crippen molar-refractivity contribution in [1.82, 2.24) is 5.32 Å². The van der Waals surface area contributed by atoms with Crippen LogP contribution >= 0.6 is 0 Å². The topological polar surface area (TPSA) is 89.5 Å². The van der Waals surface area contributed by atoms with Gasteiger partial charge in [0.05, 0.1) is 0 Å². The Bertz CT molecular complexity index is 613. The quantitative estimate of drug-likeness (QED) is 0.487. The normalized spacial score (nSPS) is 11.0. The van der Waals surface area contributed by atoms with Crippen LogP contribution in [0.4, 0.5) is 0 Å². The fraction of sp³-hybridized carbons (Fsp3) is 0.529. The molecule has 1 aromatic rings. The van der Waals surface area contributed by atoms with Gasteiger partial charge in [0.2, 0.25) is 5.91 Å². The highest BCUT2D eigenvalue weighted by atomic mass is 32.2. The van der Waals surface area contributed by atoms with Crippen molar-refractivity contribution in [2.75, 3.05) is 6.54 Å². The minimum Gasteiger partial charge on any atom is -0.345 e. The van der Waals surface area contributed by atoms with Crippen molar-refractivity contribution in [3.63, 3.8) is 0 Å². The zero-order chi connectivity index (χ0) is 17.8. The molecule has 1 aromatic carbocycles. The third-order valence-electron chi connectivity index (χ3n) is 3.42. The molecule has 0 radical (unpaired) electrons. The van der Waals surface area contributed by atoms with E-state index in [0.717, 1.165) is 19.3 Å². The summed E-state index contributed by atoms with van der Waals surface area (Å²) in [4.78, 5) is 23.1. The Kier molecular flexibility index (Phi) is 9.07. The number of nitrogens with one attached hydrogen (secondary N) is 1. The molecule has 0 saturated carbocycles. The van der Waals surface area contributed by atoms with Gasteiger partial charge < -0.3 is 9.50 Å². The maximum atomic E-state index is 11.8. The Morgan fingerprint density at radius 1 is 1.00 bits per heavy atom. The summed E-state index contributed by atoms with van der Waals surface area (Å²) in [5.41, 5.74) is 0. The van der Waals surface area contributed by atoms with Crippen molar-refractivity contribution in [3.05, 3.63) is 30.3 Å². The van der Waals surface area contributed by atoms with Gasteiger partial charge >= 0.3 is 16.1 Å². The van der Waals surface area contributed by atoms with Crippen LogP contribution in [-0.2, 0) is 23.9 Å². The lowest BCUT2D eigenvalue weighted by Crippen LogP contribution is -2.31. The van der Waals surface area contributed by atoms with Gasteiger partial charge in [-0.3, -0.25) is 4.79 Å². The van der Waals surface area contributed by atoms with E-state index in [1.165, 1.54) is 43.5 Å². The molecular formula is C17H25NO5S. The van der Waals surface area contributed by atoms with Crippen LogP contribution in [0.1, 0.15) is 51.9 Å². The van der Waals surface area contributed by atoms with E-state index in [9.17, 15) is 18.0 Å². The van der Waals surface area contributed by atoms with Crippen LogP contribution in [0.25, 0.3) is 0 Å². The molecule has 0 atom stereocenters. The summed E-state index contributed by atoms with van der Waals surface area (Å²) >= 11 is 0. The first-order valence-electron chi connectivity index (χ1n) is 8.24. The number of hydrogen-bond donors (Lipinski definition) is 1. The summed E-state index contributed by atoms with van der Waals surface area (Å²) in [7, 11) is -4.14. The van der Waals surface area contributed by atoms with E-state index in [2.05, 4.69) is 16.4 Å². The summed E-state index contributed by atoms with van der Waals surface area (Å²) in [5, 5.41) is 2.38. The summed E-state index contributed by atoms with van der Waals surface area (Å²) < 4.78 is 28.1. The summed E-state index contributed by atoms with van der Waals surface area (Å²) in [5.74, 6) is -1.28. The fourth-order valence-corrected chi connectivity index (χ4v) is 3.00. The molecule has 1 amide bonds. The Morgan fingerprint density at radius 3 is 2.29 bits per heavy atom. The summed E-state index contributed by atoms with van der Waals surface area (Å²) in [6.07, 6.45) is 6.70. The molecule has 0 saturated heterocycles. The second kappa shape index (κ2) is 10.8. The first-order valence-corrected chi connectivity index (χ1v) is 9.65. The van der Waals surface area contributed by atoms with E-state index in [0.29, 0.717) is 6.42 Å². The summed E-state index contributed by atoms with van der Waals surface area (Å²) in [6, 6.07) is 7.38. The first kappa shape index (κ1) is 20.2. The first-order chi connectivity index (χ1) is 11.5. The van der Waals surface area contributed by atoms with Crippen molar-refractivity contribution < 1.29 is 22.2 Å². The van der Waals surface area contributed by atoms with E-state index in [1.54, 1.807) is 6.07 Å². The molecule has 0 bridgehead atoms. The highest BCUT2D eigenvalue weighted by Crippen LogP contribution is 2.11. The maximum Gasteiger partial charge on any atom is 0.341 e. The lowest BCUT2D eigenvalue weighted by molar-refractivity contribution is -0.135. The minimum atomic E-state index is -4.14. The number of rotatable bonds is 11. The maximum absolute atomic E-state index is 11.8. The second-order valence-corrected chi connectivity index (χ2v) is 7.06. The SMILES string of the molecule is CCCCCCCCC(=O)NCC(=O)OS(=O)(=O)c1ccccc1. The highest BCUT2D eigenvalue weighted by Gasteiger charge is 2.19. The van der Waals surface area contributed by atoms with Gasteiger partial charge in [-0.2, -0.15) is 8.42 Å². The van der Waals surface area contributed by atoms with E-state index in [4.69, 9.17) is 0 Å². The standard InChI is InChI=1S/C17H25NO5S/c1-2-3-4-5-6-10-13-16(19)18-14-17(20)23-24(21,22)15-11-8-7-9-12-15/h7-9,11-12H,2-6,10,13-14H2,1H3,(H,18,19). The van der Waals surface area contributed by atoms with Crippen LogP contribution in [0.2, 0.25) is 0 Å². The third kappa shape index (κ3) is 8.10. The van der Waals surface area contributed by atoms with Crippen molar-refractivity contribution in [1.29, 1.82) is 0 Å². The molecule has 0 fully saturated rings. The molecular weight excluding hydrogens is 330 g/mol. The van der Waals surface area contributed by atoms with E-state index in [-0.39, 0.29) is 10.8 Å². The van der Waals surface area contributed by atoms with Gasteiger partial charge in [0, 0.05) is 6.42 Å². The number of amides is 1. The van der Waals surface area contributed by atoms with Crippen LogP contribution in [0.5, 0.6) is 0 Å². The van der Waals surface area contributed by atoms with Gasteiger partial charge in [0.15, 0.2) is 0 Å². The van der Waals surface area contributed by atoms with E-state index < -0.39 is 22.6 Å². The molecule has 0 aliphatic carbocycles. The Balaban J connectivity index is 2.25. The van der Waals surface area contributed by atoms with Crippen LogP contribution in [-0.4, -0.2) is 26.8 Å². The predicted molar refractivity (Wildman–Crippen MR) is 90.7 cm³/mol. The summed E-state index contributed by atoms with van der Waals surface area (Å²) in [6.45, 7) is 1.69. The third-order valence-corrected chi connectivity index (χ3v) is 4.68. The minimum absolute atomic E-state index is 0.100. The fourth-order valence-electron chi connectivity index (χ4n) is 2.11. The van der Waals surface area contributed by atoms with Gasteiger partial charge in [-0.1, -0.05) is 57.2 Å². The van der Waals surface area contributed by atoms with E-state index >= 15 is 0 Å². The Labute approximate surface area is 143 Å². The van der Waals surface area contributed by atoms with Crippen LogP contribution in [0, 0.1) is 0 Å². The molecule has 24 heavy (non-hydrogen) atoms. The Morgan fingerprint density at radius 2 is 1.62 bits per heavy atom. The molecule has 0 aliphatic rings.